The van der Waals surface area contributed by atoms with E-state index in [1.165, 1.54) is 37.9 Å². The van der Waals surface area contributed by atoms with Gasteiger partial charge in [-0.2, -0.15) is 0 Å². The summed E-state index contributed by atoms with van der Waals surface area (Å²) in [7, 11) is 0. The molecule has 8 aromatic carbocycles. The highest BCUT2D eigenvalue weighted by Crippen LogP contribution is 2.62. The molecule has 5 nitrogen and oxygen atoms in total. The number of hydrogen-bond donors (Lipinski definition) is 0. The van der Waals surface area contributed by atoms with Gasteiger partial charge in [-0.1, -0.05) is 127 Å². The molecule has 12 rings (SSSR count). The quantitative estimate of drug-likeness (QED) is 0.183. The summed E-state index contributed by atoms with van der Waals surface area (Å²) in [6, 6.07) is 64.3. The van der Waals surface area contributed by atoms with Gasteiger partial charge in [-0.3, -0.25) is 9.36 Å². The van der Waals surface area contributed by atoms with Gasteiger partial charge in [-0.15, -0.1) is 0 Å². The van der Waals surface area contributed by atoms with E-state index in [4.69, 9.17) is 0 Å². The molecule has 5 heteroatoms. The number of hydrogen-bond acceptors (Lipinski definition) is 2. The van der Waals surface area contributed by atoms with Crippen LogP contribution in [0.1, 0.15) is 22.3 Å². The molecule has 0 fully saturated rings. The summed E-state index contributed by atoms with van der Waals surface area (Å²) in [6.45, 7) is 0. The van der Waals surface area contributed by atoms with Crippen LogP contribution in [-0.2, 0) is 5.41 Å². The third kappa shape index (κ3) is 3.88. The van der Waals surface area contributed by atoms with Gasteiger partial charge >= 0.3 is 5.69 Å². The molecule has 0 saturated heterocycles. The van der Waals surface area contributed by atoms with Crippen molar-refractivity contribution in [3.05, 3.63) is 231 Å². The zero-order valence-corrected chi connectivity index (χ0v) is 30.1. The predicted octanol–water partition coefficient (Wildman–Crippen LogP) is 10.6. The number of fused-ring (bicyclic) bond motifs is 14. The summed E-state index contributed by atoms with van der Waals surface area (Å²) in [5.74, 6) is 0. The van der Waals surface area contributed by atoms with Gasteiger partial charge in [0.15, 0.2) is 0 Å². The second-order valence-electron chi connectivity index (χ2n) is 14.8. The summed E-state index contributed by atoms with van der Waals surface area (Å²) in [6.07, 6.45) is 0. The Morgan fingerprint density at radius 2 is 0.804 bits per heavy atom. The Hall–Kier alpha value is -7.50. The van der Waals surface area contributed by atoms with Crippen molar-refractivity contribution in [2.75, 3.05) is 0 Å². The first kappa shape index (κ1) is 30.9. The largest absolute Gasteiger partial charge is 0.340 e. The summed E-state index contributed by atoms with van der Waals surface area (Å²) in [5, 5.41) is 2.47. The first-order chi connectivity index (χ1) is 27.6. The van der Waals surface area contributed by atoms with Crippen LogP contribution in [0.15, 0.2) is 198 Å². The number of aromatic nitrogens is 3. The summed E-state index contributed by atoms with van der Waals surface area (Å²) >= 11 is 0. The van der Waals surface area contributed by atoms with E-state index in [0.29, 0.717) is 22.3 Å². The molecule has 0 aliphatic heterocycles. The lowest BCUT2D eigenvalue weighted by Crippen LogP contribution is -2.38. The summed E-state index contributed by atoms with van der Waals surface area (Å²) in [5.41, 5.74) is 13.1. The van der Waals surface area contributed by atoms with Crippen LogP contribution >= 0.6 is 0 Å². The van der Waals surface area contributed by atoms with Gasteiger partial charge in [0.25, 0.3) is 5.56 Å². The highest BCUT2D eigenvalue weighted by atomic mass is 16.2. The Labute approximate surface area is 321 Å². The topological polar surface area (TPSA) is 48.9 Å². The first-order valence-electron chi connectivity index (χ1n) is 18.9. The van der Waals surface area contributed by atoms with E-state index < -0.39 is 11.1 Å². The van der Waals surface area contributed by atoms with Gasteiger partial charge in [0.05, 0.1) is 38.7 Å². The molecule has 262 valence electrons. The fourth-order valence-electron chi connectivity index (χ4n) is 9.91. The van der Waals surface area contributed by atoms with Gasteiger partial charge in [0.2, 0.25) is 0 Å². The average molecular weight is 718 g/mol. The van der Waals surface area contributed by atoms with Crippen LogP contribution in [0.2, 0.25) is 0 Å². The van der Waals surface area contributed by atoms with Crippen molar-refractivity contribution in [3.63, 3.8) is 0 Å². The first-order valence-corrected chi connectivity index (χ1v) is 18.9. The molecule has 56 heavy (non-hydrogen) atoms. The van der Waals surface area contributed by atoms with Crippen LogP contribution in [0, 0.1) is 0 Å². The van der Waals surface area contributed by atoms with Crippen LogP contribution in [0.25, 0.3) is 72.0 Å². The molecule has 0 N–H and O–H groups in total. The minimum absolute atomic E-state index is 0.350. The second kappa shape index (κ2) is 11.3. The molecule has 0 bridgehead atoms. The molecule has 2 heterocycles. The van der Waals surface area contributed by atoms with Crippen LogP contribution in [0.4, 0.5) is 0 Å². The zero-order valence-electron chi connectivity index (χ0n) is 30.1. The van der Waals surface area contributed by atoms with E-state index in [9.17, 15) is 4.79 Å². The number of para-hydroxylation sites is 3. The molecular formula is C51H31N3O2. The third-order valence-electron chi connectivity index (χ3n) is 12.1. The van der Waals surface area contributed by atoms with Crippen molar-refractivity contribution in [2.45, 2.75) is 5.41 Å². The molecule has 0 saturated carbocycles. The van der Waals surface area contributed by atoms with E-state index in [2.05, 4.69) is 114 Å². The minimum atomic E-state index is -0.568. The van der Waals surface area contributed by atoms with Crippen LogP contribution in [0.3, 0.4) is 0 Å². The molecule has 0 unspecified atom stereocenters. The molecule has 0 radical (unpaired) electrons. The second-order valence-corrected chi connectivity index (χ2v) is 14.8. The van der Waals surface area contributed by atoms with Crippen molar-refractivity contribution < 1.29 is 0 Å². The summed E-state index contributed by atoms with van der Waals surface area (Å²) in [4.78, 5) is 29.7. The highest BCUT2D eigenvalue weighted by Gasteiger charge is 2.51. The van der Waals surface area contributed by atoms with Crippen LogP contribution in [0.5, 0.6) is 0 Å². The van der Waals surface area contributed by atoms with Crippen LogP contribution < -0.4 is 11.2 Å². The smallest absolute Gasteiger partial charge is 0.309 e. The lowest BCUT2D eigenvalue weighted by molar-refractivity contribution is 0.788. The van der Waals surface area contributed by atoms with Gasteiger partial charge < -0.3 is 4.57 Å². The van der Waals surface area contributed by atoms with Crippen molar-refractivity contribution in [2.24, 2.45) is 0 Å². The number of nitrogens with zero attached hydrogens (tertiary/aromatic N) is 3. The van der Waals surface area contributed by atoms with Gasteiger partial charge in [-0.05, 0) is 105 Å². The Bertz CT molecular complexity index is 3360. The Balaban J connectivity index is 1.13. The van der Waals surface area contributed by atoms with E-state index in [1.54, 1.807) is 4.57 Å². The van der Waals surface area contributed by atoms with Crippen molar-refractivity contribution in [1.29, 1.82) is 0 Å². The maximum atomic E-state index is 15.2. The fourth-order valence-corrected chi connectivity index (χ4v) is 9.91. The van der Waals surface area contributed by atoms with E-state index in [1.807, 2.05) is 78.9 Å². The third-order valence-corrected chi connectivity index (χ3v) is 12.1. The van der Waals surface area contributed by atoms with Crippen molar-refractivity contribution in [3.8, 4) is 39.3 Å². The van der Waals surface area contributed by atoms with E-state index in [-0.39, 0.29) is 5.56 Å². The SMILES string of the molecule is O=c1c2ccccc2n(-c2ccc3c(c2)C2(c4ccccc4-c4ccccc42)c2ccccc2-3)c(=O)n1-c1ccc2c(c1)c1ccccc1n2-c1ccccc1. The Kier molecular flexibility index (Phi) is 6.22. The molecule has 2 aliphatic rings. The lowest BCUT2D eigenvalue weighted by atomic mass is 9.70. The minimum Gasteiger partial charge on any atom is -0.309 e. The maximum absolute atomic E-state index is 15.2. The molecule has 10 aromatic rings. The monoisotopic (exact) mass is 717 g/mol. The van der Waals surface area contributed by atoms with Gasteiger partial charge in [-0.25, -0.2) is 9.36 Å². The van der Waals surface area contributed by atoms with Crippen LogP contribution in [-0.4, -0.2) is 13.7 Å². The summed E-state index contributed by atoms with van der Waals surface area (Å²) < 4.78 is 5.29. The maximum Gasteiger partial charge on any atom is 0.340 e. The molecule has 1 spiro atoms. The van der Waals surface area contributed by atoms with Gasteiger partial charge in [0.1, 0.15) is 0 Å². The Morgan fingerprint density at radius 3 is 1.46 bits per heavy atom. The molecule has 0 amide bonds. The molecule has 0 atom stereocenters. The predicted molar refractivity (Wildman–Crippen MR) is 226 cm³/mol. The van der Waals surface area contributed by atoms with Gasteiger partial charge in [0, 0.05) is 16.5 Å². The lowest BCUT2D eigenvalue weighted by Gasteiger charge is -2.30. The number of rotatable bonds is 3. The zero-order chi connectivity index (χ0) is 37.1. The van der Waals surface area contributed by atoms with E-state index in [0.717, 1.165) is 38.6 Å². The normalized spacial score (nSPS) is 13.3. The van der Waals surface area contributed by atoms with Crippen molar-refractivity contribution >= 4 is 32.7 Å². The Morgan fingerprint density at radius 1 is 0.321 bits per heavy atom. The molecule has 2 aromatic heterocycles. The van der Waals surface area contributed by atoms with E-state index >= 15 is 4.79 Å². The highest BCUT2D eigenvalue weighted by molar-refractivity contribution is 6.10. The molecule has 2 aliphatic carbocycles. The average Bonchev–Trinajstić information content (AvgIpc) is 3.86. The molecular weight excluding hydrogens is 687 g/mol. The fraction of sp³-hybridized carbons (Fsp3) is 0.0196. The standard InChI is InChI=1S/C51H31N3O2/c55-49-40-20-8-13-25-47(40)53(50(56)54(49)33-27-29-48-41(30-33)39-19-7-12-24-46(39)52(48)32-14-2-1-3-15-32)34-26-28-38-37-18-6-11-23-44(37)51(45(38)31-34)42-21-9-4-16-35(42)36-17-5-10-22-43(36)51/h1-31H. The number of benzene rings is 8. The van der Waals surface area contributed by atoms with Crippen molar-refractivity contribution in [1.82, 2.24) is 13.7 Å².